The van der Waals surface area contributed by atoms with Crippen LogP contribution in [-0.2, 0) is 14.3 Å². The molecule has 0 N–H and O–H groups in total. The molecule has 0 heterocycles. The molecule has 1 atom stereocenters. The van der Waals surface area contributed by atoms with Crippen LogP contribution in [0.5, 0.6) is 0 Å². The first-order chi connectivity index (χ1) is 12.1. The first-order valence-electron chi connectivity index (χ1n) is 9.15. The summed E-state index contributed by atoms with van der Waals surface area (Å²) in [5.74, 6) is 0.923. The van der Waals surface area contributed by atoms with E-state index in [4.69, 9.17) is 4.18 Å². The lowest BCUT2D eigenvalue weighted by molar-refractivity contribution is 0.209. The number of rotatable bonds is 6. The molecule has 132 valence electrons. The van der Waals surface area contributed by atoms with Crippen LogP contribution in [0.3, 0.4) is 0 Å². The Kier molecular flexibility index (Phi) is 4.42. The third kappa shape index (κ3) is 3.02. The summed E-state index contributed by atoms with van der Waals surface area (Å²) in [6.07, 6.45) is 2.48. The molecule has 0 saturated heterocycles. The third-order valence-corrected chi connectivity index (χ3v) is 6.92. The molecule has 0 radical (unpaired) electrons. The molecule has 0 aliphatic heterocycles. The highest BCUT2D eigenvalue weighted by Crippen LogP contribution is 2.55. The van der Waals surface area contributed by atoms with Gasteiger partial charge in [-0.25, -0.2) is 0 Å². The van der Waals surface area contributed by atoms with Crippen molar-refractivity contribution < 1.29 is 12.6 Å². The van der Waals surface area contributed by atoms with Crippen LogP contribution in [0.15, 0.2) is 48.5 Å². The Bertz CT molecular complexity index is 825. The molecule has 3 aliphatic carbocycles. The molecule has 0 spiro atoms. The molecule has 0 aromatic heterocycles. The van der Waals surface area contributed by atoms with E-state index in [2.05, 4.69) is 48.5 Å². The third-order valence-electron chi connectivity index (χ3n) is 5.63. The second-order valence-electron chi connectivity index (χ2n) is 7.18. The predicted molar refractivity (Wildman–Crippen MR) is 99.3 cm³/mol. The minimum atomic E-state index is -3.41. The second kappa shape index (κ2) is 6.58. The van der Waals surface area contributed by atoms with E-state index in [9.17, 15) is 8.42 Å². The van der Waals surface area contributed by atoms with Crippen LogP contribution < -0.4 is 0 Å². The topological polar surface area (TPSA) is 43.4 Å². The minimum Gasteiger partial charge on any atom is -0.270 e. The number of unbranched alkanes of at least 4 members (excludes halogenated alkanes) is 1. The summed E-state index contributed by atoms with van der Waals surface area (Å²) in [4.78, 5) is 0. The first-order valence-corrected chi connectivity index (χ1v) is 10.7. The number of hydrogen-bond donors (Lipinski definition) is 0. The second-order valence-corrected chi connectivity index (χ2v) is 8.94. The van der Waals surface area contributed by atoms with E-state index >= 15 is 0 Å². The van der Waals surface area contributed by atoms with Crippen LogP contribution in [0.1, 0.15) is 60.3 Å². The highest BCUT2D eigenvalue weighted by molar-refractivity contribution is 7.86. The summed E-state index contributed by atoms with van der Waals surface area (Å²) in [6, 6.07) is 17.2. The summed E-state index contributed by atoms with van der Waals surface area (Å²) in [6.45, 7) is 2.28. The molecular weight excluding hydrogens is 332 g/mol. The van der Waals surface area contributed by atoms with Crippen LogP contribution in [0.4, 0.5) is 0 Å². The fourth-order valence-electron chi connectivity index (χ4n) is 4.49. The Morgan fingerprint density at radius 3 is 2.08 bits per heavy atom. The fraction of sp³-hybridized carbons (Fsp3) is 0.429. The largest absolute Gasteiger partial charge is 0.270 e. The van der Waals surface area contributed by atoms with Crippen molar-refractivity contribution in [3.05, 3.63) is 70.8 Å². The monoisotopic (exact) mass is 356 g/mol. The van der Waals surface area contributed by atoms with Gasteiger partial charge < -0.3 is 0 Å². The first kappa shape index (κ1) is 16.8. The van der Waals surface area contributed by atoms with E-state index in [-0.39, 0.29) is 24.2 Å². The Labute approximate surface area is 150 Å². The average molecular weight is 356 g/mol. The van der Waals surface area contributed by atoms with Crippen molar-refractivity contribution in [3.8, 4) is 0 Å². The minimum absolute atomic E-state index is 0.123. The van der Waals surface area contributed by atoms with Crippen molar-refractivity contribution in [2.24, 2.45) is 5.92 Å². The van der Waals surface area contributed by atoms with Crippen molar-refractivity contribution in [1.82, 2.24) is 0 Å². The van der Waals surface area contributed by atoms with Gasteiger partial charge in [0.2, 0.25) is 0 Å². The van der Waals surface area contributed by atoms with Gasteiger partial charge >= 0.3 is 0 Å². The lowest BCUT2D eigenvalue weighted by Gasteiger charge is -2.45. The smallest absolute Gasteiger partial charge is 0.267 e. The molecule has 2 bridgehead atoms. The van der Waals surface area contributed by atoms with Crippen LogP contribution >= 0.6 is 0 Å². The molecule has 2 aromatic rings. The number of fused-ring (bicyclic) bond motifs is 1. The van der Waals surface area contributed by atoms with Gasteiger partial charge in [-0.2, -0.15) is 8.42 Å². The van der Waals surface area contributed by atoms with E-state index in [1.165, 1.54) is 22.3 Å². The van der Waals surface area contributed by atoms with Crippen LogP contribution in [-0.4, -0.2) is 20.8 Å². The van der Waals surface area contributed by atoms with Crippen LogP contribution in [0.25, 0.3) is 0 Å². The molecule has 0 fully saturated rings. The van der Waals surface area contributed by atoms with Gasteiger partial charge in [0, 0.05) is 11.8 Å². The highest BCUT2D eigenvalue weighted by Gasteiger charge is 2.43. The number of hydrogen-bond acceptors (Lipinski definition) is 3. The Morgan fingerprint density at radius 1 is 0.960 bits per heavy atom. The number of benzene rings is 2. The van der Waals surface area contributed by atoms with Crippen molar-refractivity contribution in [3.63, 3.8) is 0 Å². The van der Waals surface area contributed by atoms with Gasteiger partial charge in [0.1, 0.15) is 0 Å². The summed E-state index contributed by atoms with van der Waals surface area (Å²) in [5.41, 5.74) is 5.49. The standard InChI is InChI=1S/C21H24O3S/c1-2-3-12-25(22,23)24-14-15-13-20-16-8-4-6-10-18(16)21(15)19-11-7-5-9-17(19)20/h4-11,15,20-21H,2-3,12-14H2,1H3/t15-,20?,21?/m1/s1. The Morgan fingerprint density at radius 2 is 1.52 bits per heavy atom. The van der Waals surface area contributed by atoms with Gasteiger partial charge in [0.15, 0.2) is 0 Å². The Balaban J connectivity index is 1.63. The molecular formula is C21H24O3S. The van der Waals surface area contributed by atoms with Crippen molar-refractivity contribution in [1.29, 1.82) is 0 Å². The maximum Gasteiger partial charge on any atom is 0.267 e. The molecule has 3 nitrogen and oxygen atoms in total. The average Bonchev–Trinajstić information content (AvgIpc) is 2.65. The van der Waals surface area contributed by atoms with Crippen molar-refractivity contribution in [2.75, 3.05) is 12.4 Å². The maximum absolute atomic E-state index is 12.1. The molecule has 0 unspecified atom stereocenters. The van der Waals surface area contributed by atoms with Gasteiger partial charge in [-0.15, -0.1) is 0 Å². The summed E-state index contributed by atoms with van der Waals surface area (Å²) in [7, 11) is -3.41. The van der Waals surface area contributed by atoms with Gasteiger partial charge in [0.05, 0.1) is 12.4 Å². The van der Waals surface area contributed by atoms with Crippen LogP contribution in [0.2, 0.25) is 0 Å². The molecule has 4 heteroatoms. The highest BCUT2D eigenvalue weighted by atomic mass is 32.2. The van der Waals surface area contributed by atoms with E-state index in [0.717, 1.165) is 12.8 Å². The zero-order valence-corrected chi connectivity index (χ0v) is 15.3. The van der Waals surface area contributed by atoms with Crippen molar-refractivity contribution in [2.45, 2.75) is 38.0 Å². The SMILES string of the molecule is CCCCS(=O)(=O)OC[C@H]1CC2c3ccccc3C1c1ccccc12. The fourth-order valence-corrected chi connectivity index (χ4v) is 5.64. The Hall–Kier alpha value is -1.65. The maximum atomic E-state index is 12.1. The lowest BCUT2D eigenvalue weighted by Crippen LogP contribution is -2.35. The zero-order chi connectivity index (χ0) is 17.4. The van der Waals surface area contributed by atoms with E-state index < -0.39 is 10.1 Å². The van der Waals surface area contributed by atoms with E-state index in [1.807, 2.05) is 6.92 Å². The summed E-state index contributed by atoms with van der Waals surface area (Å²) in [5, 5.41) is 0. The lowest BCUT2D eigenvalue weighted by atomic mass is 9.59. The van der Waals surface area contributed by atoms with Gasteiger partial charge in [-0.1, -0.05) is 61.9 Å². The van der Waals surface area contributed by atoms with Gasteiger partial charge in [0.25, 0.3) is 10.1 Å². The molecule has 0 saturated carbocycles. The molecule has 3 aliphatic rings. The summed E-state index contributed by atoms with van der Waals surface area (Å²) < 4.78 is 29.6. The normalized spacial score (nSPS) is 24.0. The molecule has 5 rings (SSSR count). The zero-order valence-electron chi connectivity index (χ0n) is 14.5. The summed E-state index contributed by atoms with van der Waals surface area (Å²) >= 11 is 0. The van der Waals surface area contributed by atoms with E-state index in [1.54, 1.807) is 0 Å². The molecule has 25 heavy (non-hydrogen) atoms. The molecule has 2 aromatic carbocycles. The van der Waals surface area contributed by atoms with Gasteiger partial charge in [-0.3, -0.25) is 4.18 Å². The van der Waals surface area contributed by atoms with Crippen molar-refractivity contribution >= 4 is 10.1 Å². The predicted octanol–water partition coefficient (Wildman–Crippen LogP) is 4.43. The van der Waals surface area contributed by atoms with Crippen LogP contribution in [0, 0.1) is 5.92 Å². The van der Waals surface area contributed by atoms with E-state index in [0.29, 0.717) is 12.3 Å². The molecule has 0 amide bonds. The van der Waals surface area contributed by atoms with Gasteiger partial charge in [-0.05, 0) is 41.0 Å². The quantitative estimate of drug-likeness (QED) is 0.719.